The van der Waals surface area contributed by atoms with Crippen molar-refractivity contribution in [1.29, 1.82) is 0 Å². The summed E-state index contributed by atoms with van der Waals surface area (Å²) >= 11 is 0. The van der Waals surface area contributed by atoms with Gasteiger partial charge in [-0.25, -0.2) is 4.79 Å². The van der Waals surface area contributed by atoms with Gasteiger partial charge < -0.3 is 4.74 Å². The summed E-state index contributed by atoms with van der Waals surface area (Å²) in [4.78, 5) is 10.8. The second-order valence-electron chi connectivity index (χ2n) is 3.78. The monoisotopic (exact) mass is 234 g/mol. The number of hydrogen-bond acceptors (Lipinski definition) is 2. The van der Waals surface area contributed by atoms with Crippen LogP contribution in [-0.2, 0) is 9.53 Å². The van der Waals surface area contributed by atoms with Gasteiger partial charge >= 0.3 is 5.97 Å². The van der Waals surface area contributed by atoms with Crippen LogP contribution in [-0.4, -0.2) is 12.6 Å². The van der Waals surface area contributed by atoms with Gasteiger partial charge in [-0.1, -0.05) is 62.7 Å². The minimum atomic E-state index is -0.277. The van der Waals surface area contributed by atoms with E-state index in [1.165, 1.54) is 0 Å². The van der Waals surface area contributed by atoms with E-state index in [4.69, 9.17) is 4.74 Å². The quantitative estimate of drug-likeness (QED) is 0.437. The van der Waals surface area contributed by atoms with Gasteiger partial charge in [-0.15, -0.1) is 0 Å². The van der Waals surface area contributed by atoms with E-state index in [-0.39, 0.29) is 5.97 Å². The highest BCUT2D eigenvalue weighted by Gasteiger charge is 2.00. The van der Waals surface area contributed by atoms with E-state index in [0.29, 0.717) is 12.2 Å². The van der Waals surface area contributed by atoms with Crippen molar-refractivity contribution in [2.75, 3.05) is 6.61 Å². The molecule has 0 saturated heterocycles. The molecule has 1 rings (SSSR count). The van der Waals surface area contributed by atoms with Gasteiger partial charge in [0, 0.05) is 5.57 Å². The van der Waals surface area contributed by atoms with Gasteiger partial charge in [0.25, 0.3) is 0 Å². The summed E-state index contributed by atoms with van der Waals surface area (Å²) in [6.07, 6.45) is 3.21. The summed E-state index contributed by atoms with van der Waals surface area (Å²) in [5.74, 6) is -0.277. The standard InChI is InChI=1S/C9H16O2.C6H6/c1-4-5-6-7-11-9(10)8(2)3;1-2-4-6-5-3-1/h2,4-7H2,1,3H3;1-6H. The van der Waals surface area contributed by atoms with Crippen LogP contribution in [0.15, 0.2) is 48.6 Å². The minimum absolute atomic E-state index is 0.277. The number of unbranched alkanes of at least 4 members (excludes halogenated alkanes) is 2. The third kappa shape index (κ3) is 10.7. The Morgan fingerprint density at radius 2 is 1.53 bits per heavy atom. The molecule has 0 N–H and O–H groups in total. The van der Waals surface area contributed by atoms with E-state index < -0.39 is 0 Å². The second kappa shape index (κ2) is 10.9. The average molecular weight is 234 g/mol. The maximum absolute atomic E-state index is 10.8. The topological polar surface area (TPSA) is 26.3 Å². The predicted molar refractivity (Wildman–Crippen MR) is 71.7 cm³/mol. The fraction of sp³-hybridized carbons (Fsp3) is 0.400. The Labute approximate surface area is 104 Å². The number of benzene rings is 1. The zero-order chi connectivity index (χ0) is 12.9. The van der Waals surface area contributed by atoms with E-state index in [1.807, 2.05) is 36.4 Å². The number of hydrogen-bond donors (Lipinski definition) is 0. The SMILES string of the molecule is C=C(C)C(=O)OCCCCC.c1ccccc1. The molecule has 0 unspecified atom stereocenters. The molecule has 0 saturated carbocycles. The smallest absolute Gasteiger partial charge is 0.333 e. The van der Waals surface area contributed by atoms with Gasteiger partial charge in [0.05, 0.1) is 6.61 Å². The second-order valence-corrected chi connectivity index (χ2v) is 3.78. The fourth-order valence-electron chi connectivity index (χ4n) is 1.03. The molecule has 0 aliphatic rings. The van der Waals surface area contributed by atoms with Crippen molar-refractivity contribution in [1.82, 2.24) is 0 Å². The van der Waals surface area contributed by atoms with Crippen LogP contribution in [0.25, 0.3) is 0 Å². The Kier molecular flexibility index (Phi) is 9.92. The largest absolute Gasteiger partial charge is 0.462 e. The third-order valence-electron chi connectivity index (χ3n) is 2.00. The molecule has 0 spiro atoms. The van der Waals surface area contributed by atoms with Gasteiger partial charge in [0.15, 0.2) is 0 Å². The molecule has 1 aromatic carbocycles. The van der Waals surface area contributed by atoms with Crippen molar-refractivity contribution in [2.45, 2.75) is 33.1 Å². The van der Waals surface area contributed by atoms with Crippen molar-refractivity contribution in [2.24, 2.45) is 0 Å². The summed E-state index contributed by atoms with van der Waals surface area (Å²) in [5, 5.41) is 0. The first kappa shape index (κ1) is 15.4. The van der Waals surface area contributed by atoms with Crippen LogP contribution in [0.4, 0.5) is 0 Å². The molecule has 0 radical (unpaired) electrons. The molecular weight excluding hydrogens is 212 g/mol. The molecule has 2 nitrogen and oxygen atoms in total. The van der Waals surface area contributed by atoms with Crippen LogP contribution in [0.5, 0.6) is 0 Å². The molecule has 1 aromatic rings. The number of rotatable bonds is 5. The lowest BCUT2D eigenvalue weighted by Crippen LogP contribution is -2.05. The summed E-state index contributed by atoms with van der Waals surface area (Å²) in [7, 11) is 0. The van der Waals surface area contributed by atoms with Crippen molar-refractivity contribution >= 4 is 5.97 Å². The first-order valence-corrected chi connectivity index (χ1v) is 6.01. The van der Waals surface area contributed by atoms with Crippen LogP contribution in [0.1, 0.15) is 33.1 Å². The summed E-state index contributed by atoms with van der Waals surface area (Å²) < 4.78 is 4.87. The molecule has 0 fully saturated rings. The van der Waals surface area contributed by atoms with E-state index in [1.54, 1.807) is 6.92 Å². The van der Waals surface area contributed by atoms with E-state index >= 15 is 0 Å². The normalized spacial score (nSPS) is 8.82. The van der Waals surface area contributed by atoms with Crippen LogP contribution < -0.4 is 0 Å². The predicted octanol–water partition coefficient (Wildman–Crippen LogP) is 3.98. The Morgan fingerprint density at radius 3 is 1.88 bits per heavy atom. The Hall–Kier alpha value is -1.57. The van der Waals surface area contributed by atoms with Crippen molar-refractivity contribution in [3.05, 3.63) is 48.6 Å². The van der Waals surface area contributed by atoms with E-state index in [2.05, 4.69) is 13.5 Å². The number of carbonyl (C=O) groups is 1. The van der Waals surface area contributed by atoms with E-state index in [9.17, 15) is 4.79 Å². The first-order chi connectivity index (χ1) is 8.18. The lowest BCUT2D eigenvalue weighted by Gasteiger charge is -2.02. The first-order valence-electron chi connectivity index (χ1n) is 6.01. The van der Waals surface area contributed by atoms with Crippen LogP contribution in [0.2, 0.25) is 0 Å². The highest BCUT2D eigenvalue weighted by Crippen LogP contribution is 1.97. The van der Waals surface area contributed by atoms with E-state index in [0.717, 1.165) is 19.3 Å². The Morgan fingerprint density at radius 1 is 1.06 bits per heavy atom. The summed E-state index contributed by atoms with van der Waals surface area (Å²) in [5.41, 5.74) is 0.474. The highest BCUT2D eigenvalue weighted by molar-refractivity contribution is 5.86. The van der Waals surface area contributed by atoms with Crippen molar-refractivity contribution in [3.63, 3.8) is 0 Å². The number of esters is 1. The van der Waals surface area contributed by atoms with Crippen LogP contribution >= 0.6 is 0 Å². The lowest BCUT2D eigenvalue weighted by molar-refractivity contribution is -0.139. The molecule has 0 atom stereocenters. The molecule has 0 aliphatic carbocycles. The Bertz CT molecular complexity index is 277. The molecular formula is C15H22O2. The molecule has 2 heteroatoms. The maximum atomic E-state index is 10.8. The number of carbonyl (C=O) groups excluding carboxylic acids is 1. The zero-order valence-electron chi connectivity index (χ0n) is 10.8. The van der Waals surface area contributed by atoms with Gasteiger partial charge in [-0.05, 0) is 13.3 Å². The highest BCUT2D eigenvalue weighted by atomic mass is 16.5. The van der Waals surface area contributed by atoms with Gasteiger partial charge in [0.2, 0.25) is 0 Å². The molecule has 94 valence electrons. The molecule has 0 bridgehead atoms. The molecule has 17 heavy (non-hydrogen) atoms. The fourth-order valence-corrected chi connectivity index (χ4v) is 1.03. The number of ether oxygens (including phenoxy) is 1. The molecule has 0 aliphatic heterocycles. The van der Waals surface area contributed by atoms with Gasteiger partial charge in [-0.3, -0.25) is 0 Å². The zero-order valence-corrected chi connectivity index (χ0v) is 10.8. The average Bonchev–Trinajstić information content (AvgIpc) is 2.37. The minimum Gasteiger partial charge on any atom is -0.462 e. The molecule has 0 heterocycles. The van der Waals surface area contributed by atoms with Crippen molar-refractivity contribution in [3.8, 4) is 0 Å². The molecule has 0 amide bonds. The third-order valence-corrected chi connectivity index (χ3v) is 2.00. The van der Waals surface area contributed by atoms with Crippen LogP contribution in [0, 0.1) is 0 Å². The van der Waals surface area contributed by atoms with Gasteiger partial charge in [0.1, 0.15) is 0 Å². The summed E-state index contributed by atoms with van der Waals surface area (Å²) in [6.45, 7) is 7.77. The van der Waals surface area contributed by atoms with Crippen molar-refractivity contribution < 1.29 is 9.53 Å². The maximum Gasteiger partial charge on any atom is 0.333 e. The lowest BCUT2D eigenvalue weighted by atomic mass is 10.3. The molecule has 0 aromatic heterocycles. The van der Waals surface area contributed by atoms with Crippen LogP contribution in [0.3, 0.4) is 0 Å². The van der Waals surface area contributed by atoms with Gasteiger partial charge in [-0.2, -0.15) is 0 Å². The Balaban J connectivity index is 0.000000354. The summed E-state index contributed by atoms with van der Waals surface area (Å²) in [6, 6.07) is 12.0.